The molecule has 0 aliphatic rings. The molecule has 0 atom stereocenters. The van der Waals surface area contributed by atoms with Crippen LogP contribution in [0.4, 0.5) is 0 Å². The first-order chi connectivity index (χ1) is 15.0. The van der Waals surface area contributed by atoms with Crippen LogP contribution >= 0.6 is 11.6 Å². The van der Waals surface area contributed by atoms with Crippen LogP contribution in [0.1, 0.15) is 35.3 Å². The molecule has 162 valence electrons. The zero-order valence-electron chi connectivity index (χ0n) is 17.9. The summed E-state index contributed by atoms with van der Waals surface area (Å²) in [5, 5.41) is 0.341. The summed E-state index contributed by atoms with van der Waals surface area (Å²) in [7, 11) is 1.53. The Morgan fingerprint density at radius 3 is 2.45 bits per heavy atom. The molecule has 0 spiro atoms. The number of carbonyl (C=O) groups is 1. The minimum Gasteiger partial charge on any atom is -0.493 e. The quantitative estimate of drug-likeness (QED) is 0.468. The predicted molar refractivity (Wildman–Crippen MR) is 120 cm³/mol. The molecule has 1 aromatic carbocycles. The summed E-state index contributed by atoms with van der Waals surface area (Å²) in [6.45, 7) is 5.42. The lowest BCUT2D eigenvalue weighted by atomic mass is 10.1. The lowest BCUT2D eigenvalue weighted by Crippen LogP contribution is -2.30. The maximum atomic E-state index is 13.5. The van der Waals surface area contributed by atoms with Gasteiger partial charge < -0.3 is 14.4 Å². The van der Waals surface area contributed by atoms with E-state index in [9.17, 15) is 4.79 Å². The standard InChI is InChI=1S/C24H26ClN3O3/c1-17(2)16-31-23-21(25)11-20(12-22(23)30-3)24(29)28(14-18-6-9-26-10-7-18)15-19-5-4-8-27-13-19/h4-13,17H,14-16H2,1-3H3. The minimum absolute atomic E-state index is 0.170. The van der Waals surface area contributed by atoms with Crippen LogP contribution in [-0.4, -0.2) is 34.5 Å². The van der Waals surface area contributed by atoms with Gasteiger partial charge in [-0.05, 0) is 47.4 Å². The van der Waals surface area contributed by atoms with E-state index in [-0.39, 0.29) is 5.91 Å². The van der Waals surface area contributed by atoms with E-state index in [1.807, 2.05) is 38.1 Å². The van der Waals surface area contributed by atoms with Gasteiger partial charge in [-0.3, -0.25) is 14.8 Å². The van der Waals surface area contributed by atoms with Gasteiger partial charge in [0.1, 0.15) is 0 Å². The van der Waals surface area contributed by atoms with Gasteiger partial charge in [-0.25, -0.2) is 0 Å². The molecule has 0 bridgehead atoms. The molecule has 0 unspecified atom stereocenters. The van der Waals surface area contributed by atoms with Crippen molar-refractivity contribution in [2.45, 2.75) is 26.9 Å². The fraction of sp³-hybridized carbons (Fsp3) is 0.292. The molecule has 0 aliphatic carbocycles. The van der Waals surface area contributed by atoms with E-state index in [4.69, 9.17) is 21.1 Å². The second-order valence-electron chi connectivity index (χ2n) is 7.57. The van der Waals surface area contributed by atoms with Crippen LogP contribution in [0.5, 0.6) is 11.5 Å². The zero-order valence-corrected chi connectivity index (χ0v) is 18.7. The van der Waals surface area contributed by atoms with Crippen molar-refractivity contribution in [3.8, 4) is 11.5 Å². The molecule has 0 N–H and O–H groups in total. The van der Waals surface area contributed by atoms with Gasteiger partial charge in [0, 0.05) is 43.4 Å². The highest BCUT2D eigenvalue weighted by Crippen LogP contribution is 2.37. The van der Waals surface area contributed by atoms with Gasteiger partial charge in [0.2, 0.25) is 0 Å². The fourth-order valence-corrected chi connectivity index (χ4v) is 3.30. The molecule has 6 nitrogen and oxygen atoms in total. The van der Waals surface area contributed by atoms with Crippen molar-refractivity contribution in [2.24, 2.45) is 5.92 Å². The highest BCUT2D eigenvalue weighted by Gasteiger charge is 2.21. The van der Waals surface area contributed by atoms with Gasteiger partial charge in [-0.15, -0.1) is 0 Å². The summed E-state index contributed by atoms with van der Waals surface area (Å²) in [5.74, 6) is 1.04. The number of hydrogen-bond donors (Lipinski definition) is 0. The molecule has 0 saturated carbocycles. The number of hydrogen-bond acceptors (Lipinski definition) is 5. The number of amides is 1. The number of methoxy groups -OCH3 is 1. The van der Waals surface area contributed by atoms with Crippen molar-refractivity contribution in [3.05, 3.63) is 82.9 Å². The van der Waals surface area contributed by atoms with Crippen LogP contribution in [0.2, 0.25) is 5.02 Å². The van der Waals surface area contributed by atoms with Crippen LogP contribution in [0.25, 0.3) is 0 Å². The lowest BCUT2D eigenvalue weighted by molar-refractivity contribution is 0.0729. The lowest BCUT2D eigenvalue weighted by Gasteiger charge is -2.24. The van der Waals surface area contributed by atoms with Crippen molar-refractivity contribution in [3.63, 3.8) is 0 Å². The third kappa shape index (κ3) is 6.18. The molecule has 0 saturated heterocycles. The topological polar surface area (TPSA) is 64.5 Å². The van der Waals surface area contributed by atoms with Gasteiger partial charge in [-0.2, -0.15) is 0 Å². The first-order valence-corrected chi connectivity index (χ1v) is 10.4. The van der Waals surface area contributed by atoms with Gasteiger partial charge in [0.15, 0.2) is 11.5 Å². The molecule has 0 aliphatic heterocycles. The maximum absolute atomic E-state index is 13.5. The number of carbonyl (C=O) groups excluding carboxylic acids is 1. The van der Waals surface area contributed by atoms with Gasteiger partial charge >= 0.3 is 0 Å². The summed E-state index contributed by atoms with van der Waals surface area (Å²) in [6.07, 6.45) is 6.88. The van der Waals surface area contributed by atoms with Crippen LogP contribution in [0, 0.1) is 5.92 Å². The van der Waals surface area contributed by atoms with Crippen molar-refractivity contribution in [1.29, 1.82) is 0 Å². The average Bonchev–Trinajstić information content (AvgIpc) is 2.78. The second kappa shape index (κ2) is 10.8. The molecule has 7 heteroatoms. The third-order valence-corrected chi connectivity index (χ3v) is 4.82. The summed E-state index contributed by atoms with van der Waals surface area (Å²) in [4.78, 5) is 23.4. The van der Waals surface area contributed by atoms with Crippen molar-refractivity contribution in [1.82, 2.24) is 14.9 Å². The first-order valence-electron chi connectivity index (χ1n) is 10.0. The van der Waals surface area contributed by atoms with E-state index in [0.29, 0.717) is 47.7 Å². The van der Waals surface area contributed by atoms with E-state index < -0.39 is 0 Å². The number of nitrogens with zero attached hydrogens (tertiary/aromatic N) is 3. The minimum atomic E-state index is -0.170. The summed E-state index contributed by atoms with van der Waals surface area (Å²) in [5.41, 5.74) is 2.33. The second-order valence-corrected chi connectivity index (χ2v) is 7.98. The van der Waals surface area contributed by atoms with Crippen LogP contribution < -0.4 is 9.47 Å². The number of benzene rings is 1. The number of pyridine rings is 2. The Kier molecular flexibility index (Phi) is 7.84. The Bertz CT molecular complexity index is 956. The largest absolute Gasteiger partial charge is 0.493 e. The van der Waals surface area contributed by atoms with E-state index in [1.165, 1.54) is 7.11 Å². The summed E-state index contributed by atoms with van der Waals surface area (Å²) >= 11 is 6.47. The van der Waals surface area contributed by atoms with Gasteiger partial charge in [0.05, 0.1) is 18.7 Å². The monoisotopic (exact) mass is 439 g/mol. The first kappa shape index (κ1) is 22.6. The van der Waals surface area contributed by atoms with Crippen molar-refractivity contribution in [2.75, 3.05) is 13.7 Å². The van der Waals surface area contributed by atoms with Crippen LogP contribution in [0.3, 0.4) is 0 Å². The number of ether oxygens (including phenoxy) is 2. The predicted octanol–water partition coefficient (Wildman–Crippen LogP) is 5.02. The Morgan fingerprint density at radius 2 is 1.81 bits per heavy atom. The van der Waals surface area contributed by atoms with Crippen molar-refractivity contribution < 1.29 is 14.3 Å². The molecule has 0 radical (unpaired) electrons. The van der Waals surface area contributed by atoms with Gasteiger partial charge in [-0.1, -0.05) is 31.5 Å². The highest BCUT2D eigenvalue weighted by atomic mass is 35.5. The molecule has 0 fully saturated rings. The van der Waals surface area contributed by atoms with Crippen LogP contribution in [-0.2, 0) is 13.1 Å². The molecule has 3 aromatic rings. The van der Waals surface area contributed by atoms with Crippen molar-refractivity contribution >= 4 is 17.5 Å². The summed E-state index contributed by atoms with van der Waals surface area (Å²) < 4.78 is 11.3. The maximum Gasteiger partial charge on any atom is 0.254 e. The van der Waals surface area contributed by atoms with E-state index in [0.717, 1.165) is 11.1 Å². The Labute approximate surface area is 187 Å². The Balaban J connectivity index is 1.91. The fourth-order valence-electron chi connectivity index (χ4n) is 3.04. The van der Waals surface area contributed by atoms with Gasteiger partial charge in [0.25, 0.3) is 5.91 Å². The molecular formula is C24H26ClN3O3. The highest BCUT2D eigenvalue weighted by molar-refractivity contribution is 6.32. The molecular weight excluding hydrogens is 414 g/mol. The number of rotatable bonds is 9. The zero-order chi connectivity index (χ0) is 22.2. The van der Waals surface area contributed by atoms with E-state index in [1.54, 1.807) is 41.8 Å². The van der Waals surface area contributed by atoms with E-state index in [2.05, 4.69) is 9.97 Å². The Hall–Kier alpha value is -3.12. The SMILES string of the molecule is COc1cc(C(=O)N(Cc2ccncc2)Cc2cccnc2)cc(Cl)c1OCC(C)C. The average molecular weight is 440 g/mol. The third-order valence-electron chi connectivity index (χ3n) is 4.54. The molecule has 2 aromatic heterocycles. The summed E-state index contributed by atoms with van der Waals surface area (Å²) in [6, 6.07) is 10.9. The van der Waals surface area contributed by atoms with Crippen LogP contribution in [0.15, 0.2) is 61.2 Å². The number of halogens is 1. The molecule has 1 amide bonds. The molecule has 2 heterocycles. The normalized spacial score (nSPS) is 10.7. The van der Waals surface area contributed by atoms with E-state index >= 15 is 0 Å². The Morgan fingerprint density at radius 1 is 1.06 bits per heavy atom. The molecule has 31 heavy (non-hydrogen) atoms. The number of aromatic nitrogens is 2. The smallest absolute Gasteiger partial charge is 0.254 e. The molecule has 3 rings (SSSR count).